The van der Waals surface area contributed by atoms with Gasteiger partial charge >= 0.3 is 5.00 Å². The van der Waals surface area contributed by atoms with Crippen LogP contribution in [0.1, 0.15) is 9.67 Å². The first-order valence-electron chi connectivity index (χ1n) is 4.98. The van der Waals surface area contributed by atoms with Crippen LogP contribution in [0.4, 0.5) is 16.4 Å². The van der Waals surface area contributed by atoms with Crippen LogP contribution in [0, 0.1) is 10.1 Å². The highest BCUT2D eigenvalue weighted by molar-refractivity contribution is 7.17. The Morgan fingerprint density at radius 1 is 1.28 bits per heavy atom. The zero-order valence-corrected chi connectivity index (χ0v) is 9.94. The van der Waals surface area contributed by atoms with Crippen LogP contribution < -0.4 is 11.1 Å². The third-order valence-electron chi connectivity index (χ3n) is 2.20. The topological polar surface area (TPSA) is 98.3 Å². The van der Waals surface area contributed by atoms with Crippen molar-refractivity contribution in [1.29, 1.82) is 0 Å². The molecule has 18 heavy (non-hydrogen) atoms. The van der Waals surface area contributed by atoms with Crippen molar-refractivity contribution < 1.29 is 9.72 Å². The second-order valence-corrected chi connectivity index (χ2v) is 4.50. The SMILES string of the molecule is Nc1ccccc1NC(=O)c1ccc([N+](=O)[O-])s1. The van der Waals surface area contributed by atoms with Gasteiger partial charge in [0.1, 0.15) is 0 Å². The van der Waals surface area contributed by atoms with E-state index in [0.717, 1.165) is 11.3 Å². The van der Waals surface area contributed by atoms with Gasteiger partial charge in [-0.05, 0) is 18.2 Å². The molecule has 0 atom stereocenters. The number of nitrogen functional groups attached to an aromatic ring is 1. The number of nitro groups is 1. The summed E-state index contributed by atoms with van der Waals surface area (Å²) in [6.45, 7) is 0. The summed E-state index contributed by atoms with van der Waals surface area (Å²) >= 11 is 0.822. The molecule has 0 aliphatic heterocycles. The second kappa shape index (κ2) is 4.84. The monoisotopic (exact) mass is 263 g/mol. The van der Waals surface area contributed by atoms with E-state index < -0.39 is 10.8 Å². The van der Waals surface area contributed by atoms with Gasteiger partial charge in [-0.2, -0.15) is 0 Å². The number of nitrogens with zero attached hydrogens (tertiary/aromatic N) is 1. The van der Waals surface area contributed by atoms with Gasteiger partial charge in [0.15, 0.2) is 0 Å². The fourth-order valence-electron chi connectivity index (χ4n) is 1.34. The fraction of sp³-hybridized carbons (Fsp3) is 0. The summed E-state index contributed by atoms with van der Waals surface area (Å²) in [6, 6.07) is 9.52. The molecule has 1 aromatic carbocycles. The van der Waals surface area contributed by atoms with Crippen molar-refractivity contribution in [2.24, 2.45) is 0 Å². The number of hydrogen-bond donors (Lipinski definition) is 2. The lowest BCUT2D eigenvalue weighted by Gasteiger charge is -2.05. The molecule has 0 bridgehead atoms. The fourth-order valence-corrected chi connectivity index (χ4v) is 2.06. The molecule has 92 valence electrons. The standard InChI is InChI=1S/C11H9N3O3S/c12-7-3-1-2-4-8(7)13-11(15)9-5-6-10(18-9)14(16)17/h1-6H,12H2,(H,13,15). The van der Waals surface area contributed by atoms with Gasteiger partial charge in [0.2, 0.25) is 0 Å². The molecule has 3 N–H and O–H groups in total. The third-order valence-corrected chi connectivity index (χ3v) is 3.24. The summed E-state index contributed by atoms with van der Waals surface area (Å²) in [7, 11) is 0. The van der Waals surface area contributed by atoms with Crippen LogP contribution in [-0.4, -0.2) is 10.8 Å². The Morgan fingerprint density at radius 3 is 2.61 bits per heavy atom. The second-order valence-electron chi connectivity index (χ2n) is 3.44. The van der Waals surface area contributed by atoms with Gasteiger partial charge < -0.3 is 11.1 Å². The van der Waals surface area contributed by atoms with Crippen LogP contribution >= 0.6 is 11.3 Å². The Balaban J connectivity index is 2.17. The lowest BCUT2D eigenvalue weighted by atomic mass is 10.2. The van der Waals surface area contributed by atoms with E-state index in [-0.39, 0.29) is 9.88 Å². The number of carbonyl (C=O) groups is 1. The van der Waals surface area contributed by atoms with Crippen LogP contribution in [0.3, 0.4) is 0 Å². The first-order valence-corrected chi connectivity index (χ1v) is 5.79. The van der Waals surface area contributed by atoms with E-state index in [2.05, 4.69) is 5.32 Å². The molecule has 1 amide bonds. The number of amides is 1. The molecule has 2 rings (SSSR count). The summed E-state index contributed by atoms with van der Waals surface area (Å²) < 4.78 is 0. The van der Waals surface area contributed by atoms with Crippen LogP contribution in [0.25, 0.3) is 0 Å². The third kappa shape index (κ3) is 2.46. The van der Waals surface area contributed by atoms with E-state index >= 15 is 0 Å². The summed E-state index contributed by atoms with van der Waals surface area (Å²) in [6.07, 6.45) is 0. The molecular formula is C11H9N3O3S. The number of nitrogens with one attached hydrogen (secondary N) is 1. The van der Waals surface area contributed by atoms with Crippen molar-refractivity contribution in [3.63, 3.8) is 0 Å². The van der Waals surface area contributed by atoms with Crippen LogP contribution in [0.2, 0.25) is 0 Å². The highest BCUT2D eigenvalue weighted by atomic mass is 32.1. The van der Waals surface area contributed by atoms with Crippen molar-refractivity contribution in [2.75, 3.05) is 11.1 Å². The van der Waals surface area contributed by atoms with Crippen molar-refractivity contribution in [2.45, 2.75) is 0 Å². The molecule has 7 heteroatoms. The van der Waals surface area contributed by atoms with Crippen molar-refractivity contribution in [1.82, 2.24) is 0 Å². The summed E-state index contributed by atoms with van der Waals surface area (Å²) in [5, 5.41) is 13.0. The molecule has 0 saturated carbocycles. The molecule has 1 aromatic heterocycles. The van der Waals surface area contributed by atoms with Gasteiger partial charge in [-0.3, -0.25) is 14.9 Å². The number of nitrogens with two attached hydrogens (primary N) is 1. The molecule has 0 unspecified atom stereocenters. The first-order chi connectivity index (χ1) is 8.58. The van der Waals surface area contributed by atoms with E-state index in [4.69, 9.17) is 5.73 Å². The maximum atomic E-state index is 11.8. The molecule has 0 fully saturated rings. The Kier molecular flexibility index (Phi) is 3.24. The minimum Gasteiger partial charge on any atom is -0.397 e. The van der Waals surface area contributed by atoms with Gasteiger partial charge in [-0.1, -0.05) is 23.5 Å². The summed E-state index contributed by atoms with van der Waals surface area (Å²) in [5.74, 6) is -0.411. The van der Waals surface area contributed by atoms with Gasteiger partial charge in [0, 0.05) is 6.07 Å². The summed E-state index contributed by atoms with van der Waals surface area (Å²) in [5.41, 5.74) is 6.61. The zero-order valence-electron chi connectivity index (χ0n) is 9.12. The Labute approximate surface area is 106 Å². The average molecular weight is 263 g/mol. The highest BCUT2D eigenvalue weighted by Crippen LogP contribution is 2.25. The maximum absolute atomic E-state index is 11.8. The molecule has 0 radical (unpaired) electrons. The van der Waals surface area contributed by atoms with Crippen molar-refractivity contribution >= 4 is 33.6 Å². The number of benzene rings is 1. The van der Waals surface area contributed by atoms with Crippen molar-refractivity contribution in [3.8, 4) is 0 Å². The molecule has 6 nitrogen and oxygen atoms in total. The zero-order chi connectivity index (χ0) is 13.1. The molecular weight excluding hydrogens is 254 g/mol. The van der Waals surface area contributed by atoms with Gasteiger partial charge in [0.05, 0.1) is 21.2 Å². The number of hydrogen-bond acceptors (Lipinski definition) is 5. The van der Waals surface area contributed by atoms with Gasteiger partial charge in [-0.15, -0.1) is 0 Å². The minimum absolute atomic E-state index is 0.0683. The predicted molar refractivity (Wildman–Crippen MR) is 69.8 cm³/mol. The maximum Gasteiger partial charge on any atom is 0.324 e. The van der Waals surface area contributed by atoms with Crippen LogP contribution in [-0.2, 0) is 0 Å². The molecule has 0 aliphatic carbocycles. The number of thiophene rings is 1. The van der Waals surface area contributed by atoms with Gasteiger partial charge in [0.25, 0.3) is 5.91 Å². The van der Waals surface area contributed by atoms with Crippen LogP contribution in [0.5, 0.6) is 0 Å². The molecule has 0 saturated heterocycles. The molecule has 1 heterocycles. The molecule has 0 aliphatic rings. The molecule has 0 spiro atoms. The van der Waals surface area contributed by atoms with E-state index in [1.165, 1.54) is 12.1 Å². The van der Waals surface area contributed by atoms with E-state index in [9.17, 15) is 14.9 Å². The smallest absolute Gasteiger partial charge is 0.324 e. The molecule has 2 aromatic rings. The first kappa shape index (κ1) is 12.1. The quantitative estimate of drug-likeness (QED) is 0.505. The van der Waals surface area contributed by atoms with Gasteiger partial charge in [-0.25, -0.2) is 0 Å². The van der Waals surface area contributed by atoms with Crippen molar-refractivity contribution in [3.05, 3.63) is 51.4 Å². The predicted octanol–water partition coefficient (Wildman–Crippen LogP) is 2.49. The number of rotatable bonds is 3. The Bertz CT molecular complexity index is 609. The largest absolute Gasteiger partial charge is 0.397 e. The number of anilines is 2. The Hall–Kier alpha value is -2.41. The lowest BCUT2D eigenvalue weighted by Crippen LogP contribution is -2.11. The average Bonchev–Trinajstić information content (AvgIpc) is 2.81. The highest BCUT2D eigenvalue weighted by Gasteiger charge is 2.15. The Morgan fingerprint density at radius 2 is 2.00 bits per heavy atom. The van der Waals surface area contributed by atoms with E-state index in [1.807, 2.05) is 0 Å². The van der Waals surface area contributed by atoms with E-state index in [1.54, 1.807) is 24.3 Å². The number of para-hydroxylation sites is 2. The summed E-state index contributed by atoms with van der Waals surface area (Å²) in [4.78, 5) is 22.1. The lowest BCUT2D eigenvalue weighted by molar-refractivity contribution is -0.380. The normalized spacial score (nSPS) is 10.0. The van der Waals surface area contributed by atoms with E-state index in [0.29, 0.717) is 11.4 Å². The van der Waals surface area contributed by atoms with Crippen LogP contribution in [0.15, 0.2) is 36.4 Å². The minimum atomic E-state index is -0.529. The number of carbonyl (C=O) groups excluding carboxylic acids is 1.